The van der Waals surface area contributed by atoms with Crippen LogP contribution in [0.1, 0.15) is 123 Å². The Bertz CT molecular complexity index is 510. The zero-order valence-electron chi connectivity index (χ0n) is 23.4. The van der Waals surface area contributed by atoms with Gasteiger partial charge < -0.3 is 30.8 Å². The summed E-state index contributed by atoms with van der Waals surface area (Å²) in [6.45, 7) is 4.03. The second kappa shape index (κ2) is 23.4. The molecular weight excluding hydrogens is 460 g/mol. The maximum absolute atomic E-state index is 12.5. The zero-order chi connectivity index (χ0) is 27.2. The molecule has 0 spiro atoms. The largest absolute Gasteiger partial charge is 0.394 e. The molecule has 0 aliphatic rings. The molecule has 0 fully saturated rings. The number of carbonyl (C=O) groups excluding carboxylic acids is 1. The van der Waals surface area contributed by atoms with E-state index < -0.39 is 37.2 Å². The summed E-state index contributed by atoms with van der Waals surface area (Å²) in [5.41, 5.74) is 0. The van der Waals surface area contributed by atoms with Crippen LogP contribution in [-0.4, -0.2) is 87.1 Å². The third-order valence-corrected chi connectivity index (χ3v) is 6.97. The van der Waals surface area contributed by atoms with Gasteiger partial charge in [-0.2, -0.15) is 0 Å². The molecule has 8 heteroatoms. The Morgan fingerprint density at radius 2 is 1.11 bits per heavy atom. The third-order valence-electron chi connectivity index (χ3n) is 6.97. The van der Waals surface area contributed by atoms with E-state index in [1.807, 2.05) is 6.92 Å². The Kier molecular flexibility index (Phi) is 22.9. The number of hydrogen-bond donors (Lipinski definition) is 6. The number of rotatable bonds is 25. The van der Waals surface area contributed by atoms with Crippen molar-refractivity contribution >= 4 is 5.91 Å². The molecule has 0 aromatic heterocycles. The molecule has 0 aromatic rings. The number of nitrogens with zero attached hydrogens (tertiary/aromatic N) is 1. The van der Waals surface area contributed by atoms with Crippen molar-refractivity contribution in [3.8, 4) is 0 Å². The summed E-state index contributed by atoms with van der Waals surface area (Å²) in [6, 6.07) is 0. The highest BCUT2D eigenvalue weighted by atomic mass is 16.4. The van der Waals surface area contributed by atoms with E-state index in [1.54, 1.807) is 11.9 Å². The smallest absolute Gasteiger partial charge is 0.221 e. The molecule has 0 radical (unpaired) electrons. The van der Waals surface area contributed by atoms with Crippen LogP contribution < -0.4 is 5.32 Å². The summed E-state index contributed by atoms with van der Waals surface area (Å²) in [5, 5.41) is 52.1. The molecule has 0 aliphatic carbocycles. The zero-order valence-corrected chi connectivity index (χ0v) is 23.4. The van der Waals surface area contributed by atoms with E-state index in [9.17, 15) is 25.2 Å². The lowest BCUT2D eigenvalue weighted by molar-refractivity contribution is -0.141. The molecule has 1 unspecified atom stereocenters. The molecule has 0 rings (SSSR count). The van der Waals surface area contributed by atoms with Crippen LogP contribution >= 0.6 is 0 Å². The summed E-state index contributed by atoms with van der Waals surface area (Å²) >= 11 is 0. The predicted octanol–water partition coefficient (Wildman–Crippen LogP) is 3.47. The van der Waals surface area contributed by atoms with Gasteiger partial charge in [-0.15, -0.1) is 0 Å². The number of carbonyl (C=O) groups is 1. The van der Waals surface area contributed by atoms with E-state index in [2.05, 4.69) is 12.2 Å². The molecular formula is C28H58N2O6. The topological polar surface area (TPSA) is 133 Å². The normalized spacial score (nSPS) is 16.0. The number of nitrogens with one attached hydrogen (secondary N) is 1. The van der Waals surface area contributed by atoms with Crippen molar-refractivity contribution in [2.45, 2.75) is 154 Å². The highest BCUT2D eigenvalue weighted by Crippen LogP contribution is 2.15. The molecule has 0 saturated heterocycles. The highest BCUT2D eigenvalue weighted by molar-refractivity contribution is 5.76. The Morgan fingerprint density at radius 3 is 1.53 bits per heavy atom. The summed E-state index contributed by atoms with van der Waals surface area (Å²) in [7, 11) is 1.72. The van der Waals surface area contributed by atoms with Gasteiger partial charge in [0.25, 0.3) is 0 Å². The van der Waals surface area contributed by atoms with Crippen molar-refractivity contribution < 1.29 is 30.3 Å². The second-order valence-electron chi connectivity index (χ2n) is 10.4. The summed E-state index contributed by atoms with van der Waals surface area (Å²) in [4.78, 5) is 14.2. The van der Waals surface area contributed by atoms with Gasteiger partial charge in [-0.25, -0.2) is 0 Å². The van der Waals surface area contributed by atoms with Gasteiger partial charge in [0.1, 0.15) is 30.6 Å². The van der Waals surface area contributed by atoms with Crippen molar-refractivity contribution in [1.82, 2.24) is 10.2 Å². The van der Waals surface area contributed by atoms with Crippen molar-refractivity contribution in [3.05, 3.63) is 0 Å². The van der Waals surface area contributed by atoms with Crippen molar-refractivity contribution in [2.24, 2.45) is 0 Å². The lowest BCUT2D eigenvalue weighted by Gasteiger charge is -2.36. The van der Waals surface area contributed by atoms with Crippen molar-refractivity contribution in [2.75, 3.05) is 20.2 Å². The van der Waals surface area contributed by atoms with E-state index in [4.69, 9.17) is 5.11 Å². The quantitative estimate of drug-likeness (QED) is 0.0805. The van der Waals surface area contributed by atoms with E-state index in [0.717, 1.165) is 25.7 Å². The molecule has 5 atom stereocenters. The fraction of sp³-hybridized carbons (Fsp3) is 0.964. The number of likely N-dealkylation sites (N-methyl/N-ethyl adjacent to an activating group) is 1. The Labute approximate surface area is 220 Å². The Hall–Kier alpha value is -0.770. The van der Waals surface area contributed by atoms with Crippen LogP contribution in [0.25, 0.3) is 0 Å². The first-order valence-corrected chi connectivity index (χ1v) is 14.6. The lowest BCUT2D eigenvalue weighted by Crippen LogP contribution is -2.60. The first-order chi connectivity index (χ1) is 17.3. The van der Waals surface area contributed by atoms with Gasteiger partial charge >= 0.3 is 0 Å². The molecule has 0 heterocycles. The second-order valence-corrected chi connectivity index (χ2v) is 10.4. The molecule has 8 nitrogen and oxygen atoms in total. The predicted molar refractivity (Wildman–Crippen MR) is 146 cm³/mol. The average molecular weight is 519 g/mol. The van der Waals surface area contributed by atoms with Gasteiger partial charge in [0.15, 0.2) is 0 Å². The lowest BCUT2D eigenvalue weighted by atomic mass is 10.0. The van der Waals surface area contributed by atoms with Gasteiger partial charge in [0.05, 0.1) is 6.61 Å². The molecule has 0 saturated carbocycles. The standard InChI is InChI=1S/C28H58N2O6/c1-4-6-7-8-9-10-11-12-13-14-15-16-17-18-19-20-24(33)29-28(30(3)21-5-2)27(36)26(35)25(34)23(32)22-31/h23,25-28,31-32,34-36H,4-22H2,1-3H3,(H,29,33)/t23-,25-,26+,27-,28?/m1/s1. The minimum atomic E-state index is -1.73. The van der Waals surface area contributed by atoms with Crippen LogP contribution in [0.15, 0.2) is 0 Å². The van der Waals surface area contributed by atoms with Gasteiger partial charge in [0, 0.05) is 6.42 Å². The van der Waals surface area contributed by atoms with Gasteiger partial charge in [0.2, 0.25) is 5.91 Å². The Balaban J connectivity index is 4.09. The first-order valence-electron chi connectivity index (χ1n) is 14.6. The highest BCUT2D eigenvalue weighted by Gasteiger charge is 2.37. The molecule has 216 valence electrons. The maximum atomic E-state index is 12.5. The van der Waals surface area contributed by atoms with E-state index in [1.165, 1.54) is 77.0 Å². The molecule has 0 aromatic carbocycles. The minimum absolute atomic E-state index is 0.221. The number of aliphatic hydroxyl groups excluding tert-OH is 5. The van der Waals surface area contributed by atoms with Gasteiger partial charge in [-0.3, -0.25) is 9.69 Å². The van der Waals surface area contributed by atoms with E-state index in [0.29, 0.717) is 13.0 Å². The van der Waals surface area contributed by atoms with E-state index >= 15 is 0 Å². The van der Waals surface area contributed by atoms with Crippen LogP contribution in [0.5, 0.6) is 0 Å². The van der Waals surface area contributed by atoms with Gasteiger partial charge in [-0.1, -0.05) is 104 Å². The summed E-state index contributed by atoms with van der Waals surface area (Å²) < 4.78 is 0. The fourth-order valence-corrected chi connectivity index (χ4v) is 4.57. The monoisotopic (exact) mass is 518 g/mol. The minimum Gasteiger partial charge on any atom is -0.394 e. The molecule has 6 N–H and O–H groups in total. The molecule has 36 heavy (non-hydrogen) atoms. The van der Waals surface area contributed by atoms with E-state index in [-0.39, 0.29) is 5.91 Å². The van der Waals surface area contributed by atoms with Crippen molar-refractivity contribution in [3.63, 3.8) is 0 Å². The Morgan fingerprint density at radius 1 is 0.667 bits per heavy atom. The fourth-order valence-electron chi connectivity index (χ4n) is 4.57. The van der Waals surface area contributed by atoms with Crippen LogP contribution in [0, 0.1) is 0 Å². The summed E-state index contributed by atoms with van der Waals surface area (Å²) in [5.74, 6) is -0.221. The van der Waals surface area contributed by atoms with Crippen LogP contribution in [-0.2, 0) is 4.79 Å². The van der Waals surface area contributed by atoms with Crippen molar-refractivity contribution in [1.29, 1.82) is 0 Å². The number of hydrogen-bond acceptors (Lipinski definition) is 7. The molecule has 1 amide bonds. The van der Waals surface area contributed by atoms with Crippen LogP contribution in [0.4, 0.5) is 0 Å². The SMILES string of the molecule is CCCCCCCCCCCCCCCCCC(=O)NC([C@H](O)[C@@H](O)[C@H](O)[C@H](O)CO)N(C)CCC. The van der Waals surface area contributed by atoms with Gasteiger partial charge in [-0.05, 0) is 26.4 Å². The molecule has 0 aliphatic heterocycles. The third kappa shape index (κ3) is 16.9. The summed E-state index contributed by atoms with van der Waals surface area (Å²) in [6.07, 6.45) is 12.5. The number of aliphatic hydroxyl groups is 5. The average Bonchev–Trinajstić information content (AvgIpc) is 2.87. The maximum Gasteiger partial charge on any atom is 0.221 e. The first kappa shape index (κ1) is 35.2. The van der Waals surface area contributed by atoms with Crippen LogP contribution in [0.2, 0.25) is 0 Å². The van der Waals surface area contributed by atoms with Crippen LogP contribution in [0.3, 0.4) is 0 Å². The number of amides is 1. The number of unbranched alkanes of at least 4 members (excludes halogenated alkanes) is 14. The molecule has 0 bridgehead atoms.